The lowest BCUT2D eigenvalue weighted by Crippen LogP contribution is -2.52. The molecule has 0 saturated heterocycles. The normalized spacial score (nSPS) is 13.7. The van der Waals surface area contributed by atoms with Crippen molar-refractivity contribution in [3.8, 4) is 0 Å². The molecule has 0 aromatic heterocycles. The van der Waals surface area contributed by atoms with Gasteiger partial charge in [-0.3, -0.25) is 0 Å². The maximum atomic E-state index is 11.8. The lowest BCUT2D eigenvalue weighted by Gasteiger charge is -2.26. The van der Waals surface area contributed by atoms with Gasteiger partial charge in [0.15, 0.2) is 0 Å². The summed E-state index contributed by atoms with van der Waals surface area (Å²) in [6.45, 7) is 4.88. The van der Waals surface area contributed by atoms with Crippen LogP contribution in [0.3, 0.4) is 0 Å². The van der Waals surface area contributed by atoms with Crippen molar-refractivity contribution >= 4 is 18.0 Å². The van der Waals surface area contributed by atoms with Crippen molar-refractivity contribution < 1.29 is 24.2 Å². The number of nitrogens with one attached hydrogen (secondary N) is 1. The molecule has 2 atom stereocenters. The predicted octanol–water partition coefficient (Wildman–Crippen LogP) is 0.298. The second-order valence-corrected chi connectivity index (χ2v) is 4.32. The van der Waals surface area contributed by atoms with Crippen molar-refractivity contribution in [3.05, 3.63) is 0 Å². The Bertz CT molecular complexity index is 329. The zero-order chi connectivity index (χ0) is 14.5. The molecule has 0 aliphatic carbocycles. The predicted molar refractivity (Wildman–Crippen MR) is 64.0 cm³/mol. The third-order valence-electron chi connectivity index (χ3n) is 2.66. The highest BCUT2D eigenvalue weighted by atomic mass is 16.5. The van der Waals surface area contributed by atoms with Gasteiger partial charge in [0.25, 0.3) is 0 Å². The highest BCUT2D eigenvalue weighted by Gasteiger charge is 2.28. The lowest BCUT2D eigenvalue weighted by molar-refractivity contribution is -0.144. The molecule has 0 radical (unpaired) electrons. The molecule has 7 heteroatoms. The number of likely N-dealkylation sites (N-methyl/N-ethyl adjacent to an activating group) is 1. The van der Waals surface area contributed by atoms with E-state index in [0.29, 0.717) is 0 Å². The molecule has 0 fully saturated rings. The first-order chi connectivity index (χ1) is 8.22. The Labute approximate surface area is 106 Å². The molecule has 0 heterocycles. The van der Waals surface area contributed by atoms with Gasteiger partial charge in [-0.25, -0.2) is 14.4 Å². The average Bonchev–Trinajstić information content (AvgIpc) is 2.32. The number of urea groups is 1. The zero-order valence-electron chi connectivity index (χ0n) is 11.3. The second-order valence-electron chi connectivity index (χ2n) is 4.32. The van der Waals surface area contributed by atoms with Crippen LogP contribution >= 0.6 is 0 Å². The summed E-state index contributed by atoms with van der Waals surface area (Å²) in [7, 11) is 2.58. The largest absolute Gasteiger partial charge is 0.480 e. The number of carboxylic acid groups (broad SMARTS) is 1. The first kappa shape index (κ1) is 16.2. The van der Waals surface area contributed by atoms with Crippen LogP contribution < -0.4 is 5.32 Å². The van der Waals surface area contributed by atoms with Gasteiger partial charge in [-0.15, -0.1) is 0 Å². The Morgan fingerprint density at radius 2 is 1.72 bits per heavy atom. The topological polar surface area (TPSA) is 95.9 Å². The van der Waals surface area contributed by atoms with Crippen molar-refractivity contribution in [2.45, 2.75) is 32.9 Å². The van der Waals surface area contributed by atoms with E-state index in [-0.39, 0.29) is 5.92 Å². The second kappa shape index (κ2) is 6.83. The number of esters is 1. The van der Waals surface area contributed by atoms with Gasteiger partial charge < -0.3 is 20.1 Å². The fourth-order valence-corrected chi connectivity index (χ4v) is 1.20. The standard InChI is InChI=1S/C11H20N2O5/c1-6(2)8(10(16)18-5)12-11(17)13(4)7(3)9(14)15/h6-8H,1-5H3,(H,12,17)(H,14,15). The molecule has 18 heavy (non-hydrogen) atoms. The number of hydrogen-bond donors (Lipinski definition) is 2. The number of aliphatic carboxylic acids is 1. The number of amides is 2. The maximum absolute atomic E-state index is 11.8. The fourth-order valence-electron chi connectivity index (χ4n) is 1.20. The number of ether oxygens (including phenoxy) is 1. The number of methoxy groups -OCH3 is 1. The molecule has 0 saturated carbocycles. The first-order valence-electron chi connectivity index (χ1n) is 5.56. The minimum absolute atomic E-state index is 0.157. The first-order valence-corrected chi connectivity index (χ1v) is 5.56. The van der Waals surface area contributed by atoms with E-state index in [1.54, 1.807) is 13.8 Å². The highest BCUT2D eigenvalue weighted by Crippen LogP contribution is 2.05. The van der Waals surface area contributed by atoms with Crippen molar-refractivity contribution in [2.75, 3.05) is 14.2 Å². The van der Waals surface area contributed by atoms with Crippen LogP contribution in [0.15, 0.2) is 0 Å². The van der Waals surface area contributed by atoms with Crippen LogP contribution in [0.25, 0.3) is 0 Å². The zero-order valence-corrected chi connectivity index (χ0v) is 11.3. The van der Waals surface area contributed by atoms with Crippen LogP contribution in [0.2, 0.25) is 0 Å². The summed E-state index contributed by atoms with van der Waals surface area (Å²) in [6.07, 6.45) is 0. The molecule has 0 aromatic carbocycles. The van der Waals surface area contributed by atoms with Gasteiger partial charge in [-0.2, -0.15) is 0 Å². The molecule has 104 valence electrons. The van der Waals surface area contributed by atoms with Crippen molar-refractivity contribution in [2.24, 2.45) is 5.92 Å². The number of carbonyl (C=O) groups excluding carboxylic acids is 2. The van der Waals surface area contributed by atoms with Crippen LogP contribution in [0, 0.1) is 5.92 Å². The third-order valence-corrected chi connectivity index (χ3v) is 2.66. The minimum Gasteiger partial charge on any atom is -0.480 e. The Morgan fingerprint density at radius 3 is 2.06 bits per heavy atom. The maximum Gasteiger partial charge on any atom is 0.328 e. The Morgan fingerprint density at radius 1 is 1.22 bits per heavy atom. The van der Waals surface area contributed by atoms with Crippen LogP contribution in [-0.4, -0.2) is 54.2 Å². The summed E-state index contributed by atoms with van der Waals surface area (Å²) < 4.78 is 4.57. The van der Waals surface area contributed by atoms with E-state index in [1.165, 1.54) is 21.1 Å². The molecular formula is C11H20N2O5. The van der Waals surface area contributed by atoms with E-state index in [2.05, 4.69) is 10.1 Å². The Hall–Kier alpha value is -1.79. The van der Waals surface area contributed by atoms with Crippen LogP contribution in [-0.2, 0) is 14.3 Å². The molecule has 2 N–H and O–H groups in total. The molecule has 0 bridgehead atoms. The average molecular weight is 260 g/mol. The molecule has 0 aromatic rings. The van der Waals surface area contributed by atoms with Crippen molar-refractivity contribution in [1.29, 1.82) is 0 Å². The van der Waals surface area contributed by atoms with Crippen LogP contribution in [0.4, 0.5) is 4.79 Å². The van der Waals surface area contributed by atoms with Gasteiger partial charge in [0.2, 0.25) is 0 Å². The Balaban J connectivity index is 4.70. The van der Waals surface area contributed by atoms with E-state index >= 15 is 0 Å². The molecule has 2 unspecified atom stereocenters. The summed E-state index contributed by atoms with van der Waals surface area (Å²) >= 11 is 0. The van der Waals surface area contributed by atoms with E-state index in [0.717, 1.165) is 4.90 Å². The molecule has 0 spiro atoms. The van der Waals surface area contributed by atoms with Gasteiger partial charge in [0.1, 0.15) is 12.1 Å². The van der Waals surface area contributed by atoms with Gasteiger partial charge in [0, 0.05) is 7.05 Å². The summed E-state index contributed by atoms with van der Waals surface area (Å²) in [5.74, 6) is -1.84. The van der Waals surface area contributed by atoms with E-state index in [1.807, 2.05) is 0 Å². The SMILES string of the molecule is COC(=O)C(NC(=O)N(C)C(C)C(=O)O)C(C)C. The Kier molecular flexibility index (Phi) is 6.15. The van der Waals surface area contributed by atoms with Gasteiger partial charge >= 0.3 is 18.0 Å². The number of carboxylic acids is 1. The molecular weight excluding hydrogens is 240 g/mol. The highest BCUT2D eigenvalue weighted by molar-refractivity contribution is 5.86. The van der Waals surface area contributed by atoms with Crippen LogP contribution in [0.1, 0.15) is 20.8 Å². The molecule has 0 aliphatic rings. The van der Waals surface area contributed by atoms with Crippen LogP contribution in [0.5, 0.6) is 0 Å². The smallest absolute Gasteiger partial charge is 0.328 e. The summed E-state index contributed by atoms with van der Waals surface area (Å²) in [4.78, 5) is 35.0. The van der Waals surface area contributed by atoms with Gasteiger partial charge in [-0.1, -0.05) is 13.8 Å². The monoisotopic (exact) mass is 260 g/mol. The summed E-state index contributed by atoms with van der Waals surface area (Å²) in [5, 5.41) is 11.2. The van der Waals surface area contributed by atoms with E-state index in [9.17, 15) is 14.4 Å². The summed E-state index contributed by atoms with van der Waals surface area (Å²) in [5.41, 5.74) is 0. The number of nitrogens with zero attached hydrogens (tertiary/aromatic N) is 1. The number of carbonyl (C=O) groups is 3. The van der Waals surface area contributed by atoms with Gasteiger partial charge in [-0.05, 0) is 12.8 Å². The van der Waals surface area contributed by atoms with Gasteiger partial charge in [0.05, 0.1) is 7.11 Å². The van der Waals surface area contributed by atoms with Crippen molar-refractivity contribution in [3.63, 3.8) is 0 Å². The number of rotatable bonds is 5. The quantitative estimate of drug-likeness (QED) is 0.693. The lowest BCUT2D eigenvalue weighted by atomic mass is 10.1. The third kappa shape index (κ3) is 4.23. The molecule has 0 aliphatic heterocycles. The molecule has 0 rings (SSSR count). The molecule has 7 nitrogen and oxygen atoms in total. The minimum atomic E-state index is -1.12. The molecule has 2 amide bonds. The number of hydrogen-bond acceptors (Lipinski definition) is 4. The summed E-state index contributed by atoms with van der Waals surface area (Å²) in [6, 6.07) is -2.41. The fraction of sp³-hybridized carbons (Fsp3) is 0.727. The van der Waals surface area contributed by atoms with E-state index in [4.69, 9.17) is 5.11 Å². The van der Waals surface area contributed by atoms with Crippen molar-refractivity contribution in [1.82, 2.24) is 10.2 Å². The van der Waals surface area contributed by atoms with E-state index < -0.39 is 30.1 Å².